The van der Waals surface area contributed by atoms with Gasteiger partial charge in [0, 0.05) is 23.2 Å². The second kappa shape index (κ2) is 7.26. The molecule has 1 saturated heterocycles. The lowest BCUT2D eigenvalue weighted by molar-refractivity contribution is 0.0345. The van der Waals surface area contributed by atoms with Gasteiger partial charge < -0.3 is 15.2 Å². The van der Waals surface area contributed by atoms with Gasteiger partial charge in [-0.2, -0.15) is 5.26 Å². The number of phenols is 1. The minimum absolute atomic E-state index is 0.144. The Labute approximate surface area is 154 Å². The molecule has 0 atom stereocenters. The van der Waals surface area contributed by atoms with Crippen LogP contribution in [0.2, 0.25) is 0 Å². The van der Waals surface area contributed by atoms with Crippen molar-refractivity contribution in [1.82, 2.24) is 5.32 Å². The van der Waals surface area contributed by atoms with Gasteiger partial charge in [0.1, 0.15) is 11.8 Å². The van der Waals surface area contributed by atoms with Gasteiger partial charge in [-0.1, -0.05) is 28.1 Å². The molecule has 1 fully saturated rings. The predicted octanol–water partition coefficient (Wildman–Crippen LogP) is 3.46. The highest BCUT2D eigenvalue weighted by atomic mass is 79.9. The SMILES string of the molecule is N#Cc1ccc(C(=O)NC2(c3ccc(Br)cc3)CCOCC2)cc1O. The van der Waals surface area contributed by atoms with Crippen LogP contribution < -0.4 is 5.32 Å². The molecule has 2 aromatic carbocycles. The number of carbonyl (C=O) groups is 1. The first-order valence-electron chi connectivity index (χ1n) is 7.93. The van der Waals surface area contributed by atoms with Crippen LogP contribution in [0.4, 0.5) is 0 Å². The Morgan fingerprint density at radius 3 is 2.48 bits per heavy atom. The zero-order valence-corrected chi connectivity index (χ0v) is 15.0. The highest BCUT2D eigenvalue weighted by Gasteiger charge is 2.36. The molecule has 25 heavy (non-hydrogen) atoms. The van der Waals surface area contributed by atoms with Crippen LogP contribution in [0.25, 0.3) is 0 Å². The van der Waals surface area contributed by atoms with Crippen molar-refractivity contribution in [3.05, 3.63) is 63.6 Å². The first kappa shape index (κ1) is 17.5. The van der Waals surface area contributed by atoms with Gasteiger partial charge in [0.25, 0.3) is 5.91 Å². The molecule has 0 radical (unpaired) electrons. The molecule has 5 nitrogen and oxygen atoms in total. The molecule has 0 aliphatic carbocycles. The number of amides is 1. The molecule has 128 valence electrons. The zero-order valence-electron chi connectivity index (χ0n) is 13.5. The second-order valence-corrected chi connectivity index (χ2v) is 6.91. The van der Waals surface area contributed by atoms with Crippen LogP contribution in [0.3, 0.4) is 0 Å². The number of hydrogen-bond donors (Lipinski definition) is 2. The van der Waals surface area contributed by atoms with Crippen LogP contribution in [0.5, 0.6) is 5.75 Å². The highest BCUT2D eigenvalue weighted by molar-refractivity contribution is 9.10. The molecule has 0 bridgehead atoms. The average molecular weight is 401 g/mol. The summed E-state index contributed by atoms with van der Waals surface area (Å²) in [6, 6.07) is 14.1. The molecule has 1 heterocycles. The van der Waals surface area contributed by atoms with Crippen molar-refractivity contribution >= 4 is 21.8 Å². The Bertz CT molecular complexity index is 822. The molecule has 0 aromatic heterocycles. The maximum Gasteiger partial charge on any atom is 0.252 e. The number of nitrogens with one attached hydrogen (secondary N) is 1. The molecule has 3 rings (SSSR count). The normalized spacial score (nSPS) is 16.0. The largest absolute Gasteiger partial charge is 0.507 e. The standard InChI is InChI=1S/C19H17BrN2O3/c20-16-5-3-15(4-6-16)19(7-9-25-10-8-19)22-18(24)13-1-2-14(12-21)17(23)11-13/h1-6,11,23H,7-10H2,(H,22,24). The molecule has 1 aliphatic rings. The van der Waals surface area contributed by atoms with Gasteiger partial charge in [-0.15, -0.1) is 0 Å². The van der Waals surface area contributed by atoms with Gasteiger partial charge in [0.15, 0.2) is 0 Å². The minimum Gasteiger partial charge on any atom is -0.507 e. The third kappa shape index (κ3) is 3.68. The van der Waals surface area contributed by atoms with E-state index < -0.39 is 5.54 Å². The molecule has 0 saturated carbocycles. The van der Waals surface area contributed by atoms with Crippen LogP contribution in [0, 0.1) is 11.3 Å². The fourth-order valence-electron chi connectivity index (χ4n) is 3.03. The summed E-state index contributed by atoms with van der Waals surface area (Å²) in [5.74, 6) is -0.482. The summed E-state index contributed by atoms with van der Waals surface area (Å²) in [6.07, 6.45) is 1.34. The van der Waals surface area contributed by atoms with E-state index in [1.807, 2.05) is 30.3 Å². The number of rotatable bonds is 3. The van der Waals surface area contributed by atoms with E-state index in [0.29, 0.717) is 31.6 Å². The van der Waals surface area contributed by atoms with Gasteiger partial charge >= 0.3 is 0 Å². The summed E-state index contributed by atoms with van der Waals surface area (Å²) in [4.78, 5) is 12.8. The summed E-state index contributed by atoms with van der Waals surface area (Å²) >= 11 is 3.43. The molecule has 2 N–H and O–H groups in total. The molecular weight excluding hydrogens is 384 g/mol. The van der Waals surface area contributed by atoms with Gasteiger partial charge in [-0.25, -0.2) is 0 Å². The van der Waals surface area contributed by atoms with E-state index in [0.717, 1.165) is 10.0 Å². The lowest BCUT2D eigenvalue weighted by Gasteiger charge is -2.38. The Morgan fingerprint density at radius 2 is 1.88 bits per heavy atom. The quantitative estimate of drug-likeness (QED) is 0.826. The fraction of sp³-hybridized carbons (Fsp3) is 0.263. The molecule has 1 amide bonds. The van der Waals surface area contributed by atoms with Crippen LogP contribution in [-0.4, -0.2) is 24.2 Å². The van der Waals surface area contributed by atoms with Crippen LogP contribution >= 0.6 is 15.9 Å². The van der Waals surface area contributed by atoms with Crippen molar-refractivity contribution in [1.29, 1.82) is 5.26 Å². The summed E-state index contributed by atoms with van der Waals surface area (Å²) in [6.45, 7) is 1.13. The van der Waals surface area contributed by atoms with Crippen LogP contribution in [-0.2, 0) is 10.3 Å². The van der Waals surface area contributed by atoms with Crippen molar-refractivity contribution in [3.8, 4) is 11.8 Å². The molecular formula is C19H17BrN2O3. The third-order valence-electron chi connectivity index (χ3n) is 4.48. The van der Waals surface area contributed by atoms with E-state index in [9.17, 15) is 9.90 Å². The average Bonchev–Trinajstić information content (AvgIpc) is 2.63. The van der Waals surface area contributed by atoms with E-state index in [4.69, 9.17) is 10.00 Å². The smallest absolute Gasteiger partial charge is 0.252 e. The number of carbonyl (C=O) groups excluding carboxylic acids is 1. The number of nitriles is 1. The fourth-order valence-corrected chi connectivity index (χ4v) is 3.30. The molecule has 0 spiro atoms. The van der Waals surface area contributed by atoms with Gasteiger partial charge in [-0.3, -0.25) is 4.79 Å². The number of benzene rings is 2. The number of ether oxygens (including phenoxy) is 1. The number of aromatic hydroxyl groups is 1. The van der Waals surface area contributed by atoms with Gasteiger partial charge in [0.05, 0.1) is 11.1 Å². The summed E-state index contributed by atoms with van der Waals surface area (Å²) in [5.41, 5.74) is 0.967. The lowest BCUT2D eigenvalue weighted by Crippen LogP contribution is -2.49. The lowest BCUT2D eigenvalue weighted by atomic mass is 9.82. The van der Waals surface area contributed by atoms with Crippen molar-refractivity contribution in [2.45, 2.75) is 18.4 Å². The highest BCUT2D eigenvalue weighted by Crippen LogP contribution is 2.33. The summed E-state index contributed by atoms with van der Waals surface area (Å²) in [7, 11) is 0. The second-order valence-electron chi connectivity index (χ2n) is 6.00. The number of hydrogen-bond acceptors (Lipinski definition) is 4. The topological polar surface area (TPSA) is 82.4 Å². The Kier molecular flexibility index (Phi) is 5.07. The number of phenolic OH excluding ortho intramolecular Hbond substituents is 1. The Morgan fingerprint density at radius 1 is 1.20 bits per heavy atom. The maximum atomic E-state index is 12.8. The Hall–Kier alpha value is -2.36. The van der Waals surface area contributed by atoms with Crippen LogP contribution in [0.1, 0.15) is 34.3 Å². The van der Waals surface area contributed by atoms with Crippen molar-refractivity contribution in [2.75, 3.05) is 13.2 Å². The predicted molar refractivity (Wildman–Crippen MR) is 96.2 cm³/mol. The monoisotopic (exact) mass is 400 g/mol. The third-order valence-corrected chi connectivity index (χ3v) is 5.01. The van der Waals surface area contributed by atoms with Crippen LogP contribution in [0.15, 0.2) is 46.9 Å². The summed E-state index contributed by atoms with van der Waals surface area (Å²) in [5, 5.41) is 21.8. The van der Waals surface area contributed by atoms with Gasteiger partial charge in [-0.05, 0) is 48.7 Å². The number of halogens is 1. The van der Waals surface area contributed by atoms with E-state index in [-0.39, 0.29) is 17.2 Å². The summed E-state index contributed by atoms with van der Waals surface area (Å²) < 4.78 is 6.44. The number of nitrogens with zero attached hydrogens (tertiary/aromatic N) is 1. The first-order chi connectivity index (χ1) is 12.0. The Balaban J connectivity index is 1.90. The molecule has 6 heteroatoms. The van der Waals surface area contributed by atoms with Gasteiger partial charge in [0.2, 0.25) is 0 Å². The first-order valence-corrected chi connectivity index (χ1v) is 8.73. The van der Waals surface area contributed by atoms with Crippen molar-refractivity contribution < 1.29 is 14.6 Å². The van der Waals surface area contributed by atoms with E-state index in [2.05, 4.69) is 21.2 Å². The maximum absolute atomic E-state index is 12.8. The minimum atomic E-state index is -0.514. The molecule has 2 aromatic rings. The van der Waals surface area contributed by atoms with Crippen molar-refractivity contribution in [2.24, 2.45) is 0 Å². The molecule has 1 aliphatic heterocycles. The zero-order chi connectivity index (χ0) is 17.9. The van der Waals surface area contributed by atoms with E-state index in [1.165, 1.54) is 12.1 Å². The van der Waals surface area contributed by atoms with E-state index in [1.54, 1.807) is 6.07 Å². The molecule has 0 unspecified atom stereocenters. The van der Waals surface area contributed by atoms with E-state index >= 15 is 0 Å². The van der Waals surface area contributed by atoms with Crippen molar-refractivity contribution in [3.63, 3.8) is 0 Å².